The lowest BCUT2D eigenvalue weighted by Gasteiger charge is -2.55. The van der Waals surface area contributed by atoms with Crippen LogP contribution in [0, 0.1) is 0 Å². The van der Waals surface area contributed by atoms with E-state index >= 15 is 0 Å². The zero-order valence-electron chi connectivity index (χ0n) is 9.30. The van der Waals surface area contributed by atoms with Gasteiger partial charge in [-0.25, -0.2) is 0 Å². The number of aromatic nitrogens is 3. The van der Waals surface area contributed by atoms with E-state index in [9.17, 15) is 0 Å². The van der Waals surface area contributed by atoms with Crippen molar-refractivity contribution >= 4 is 0 Å². The lowest BCUT2D eigenvalue weighted by atomic mass is 9.87. The number of nitrogens with zero attached hydrogens (tertiary/aromatic N) is 5. The normalized spacial score (nSPS) is 31.6. The molecule has 3 saturated heterocycles. The van der Waals surface area contributed by atoms with E-state index in [0.29, 0.717) is 0 Å². The van der Waals surface area contributed by atoms with Crippen LogP contribution in [0.2, 0.25) is 0 Å². The van der Waals surface area contributed by atoms with Gasteiger partial charge in [0.2, 0.25) is 0 Å². The van der Waals surface area contributed by atoms with Gasteiger partial charge in [0.05, 0.1) is 5.69 Å². The van der Waals surface area contributed by atoms with Crippen LogP contribution >= 0.6 is 0 Å². The van der Waals surface area contributed by atoms with Crippen molar-refractivity contribution in [2.75, 3.05) is 20.1 Å². The highest BCUT2D eigenvalue weighted by molar-refractivity contribution is 5.03. The van der Waals surface area contributed by atoms with Gasteiger partial charge in [0.25, 0.3) is 0 Å². The van der Waals surface area contributed by atoms with E-state index in [0.717, 1.165) is 24.3 Å². The fourth-order valence-corrected chi connectivity index (χ4v) is 2.81. The second-order valence-corrected chi connectivity index (χ2v) is 4.82. The number of piperazine rings is 1. The van der Waals surface area contributed by atoms with Crippen LogP contribution in [0.1, 0.15) is 12.1 Å². The van der Waals surface area contributed by atoms with Gasteiger partial charge in [-0.2, -0.15) is 0 Å². The molecule has 2 bridgehead atoms. The van der Waals surface area contributed by atoms with Crippen LogP contribution in [0.15, 0.2) is 6.20 Å². The maximum Gasteiger partial charge on any atom is 0.0967 e. The maximum atomic E-state index is 4.14. The Kier molecular flexibility index (Phi) is 2.03. The number of fused-ring (bicyclic) bond motifs is 2. The number of rotatable bonds is 2. The molecule has 4 heterocycles. The summed E-state index contributed by atoms with van der Waals surface area (Å²) in [6.07, 6.45) is 3.38. The summed E-state index contributed by atoms with van der Waals surface area (Å²) in [5.41, 5.74) is 1.09. The van der Waals surface area contributed by atoms with E-state index in [-0.39, 0.29) is 0 Å². The monoisotopic (exact) mass is 207 g/mol. The van der Waals surface area contributed by atoms with Crippen molar-refractivity contribution in [2.45, 2.75) is 25.0 Å². The molecule has 0 aliphatic carbocycles. The van der Waals surface area contributed by atoms with Gasteiger partial charge in [0.15, 0.2) is 0 Å². The van der Waals surface area contributed by atoms with Crippen molar-refractivity contribution < 1.29 is 0 Å². The summed E-state index contributed by atoms with van der Waals surface area (Å²) in [7, 11) is 4.13. The first-order valence-corrected chi connectivity index (χ1v) is 5.52. The average Bonchev–Trinajstić information content (AvgIpc) is 2.60. The highest BCUT2D eigenvalue weighted by atomic mass is 15.4. The molecule has 3 fully saturated rings. The van der Waals surface area contributed by atoms with E-state index in [2.05, 4.69) is 27.2 Å². The molecule has 3 aliphatic heterocycles. The lowest BCUT2D eigenvalue weighted by molar-refractivity contribution is -0.0675. The molecule has 0 saturated carbocycles. The summed E-state index contributed by atoms with van der Waals surface area (Å²) < 4.78 is 1.77. The largest absolute Gasteiger partial charge is 0.303 e. The van der Waals surface area contributed by atoms with Crippen molar-refractivity contribution in [2.24, 2.45) is 7.05 Å². The molecular formula is C10H17N5. The summed E-state index contributed by atoms with van der Waals surface area (Å²) in [5.74, 6) is 0. The first kappa shape index (κ1) is 9.30. The maximum absolute atomic E-state index is 4.14. The van der Waals surface area contributed by atoms with Gasteiger partial charge >= 0.3 is 0 Å². The van der Waals surface area contributed by atoms with Crippen LogP contribution in [-0.4, -0.2) is 57.0 Å². The SMILES string of the molecule is CN1CC2CC(C1)N2Cc1cn(C)nn1. The molecule has 0 aromatic carbocycles. The number of likely N-dealkylation sites (N-methyl/N-ethyl adjacent to an activating group) is 1. The Morgan fingerprint density at radius 2 is 2.07 bits per heavy atom. The summed E-state index contributed by atoms with van der Waals surface area (Å²) >= 11 is 0. The van der Waals surface area contributed by atoms with Gasteiger partial charge < -0.3 is 4.90 Å². The molecule has 0 N–H and O–H groups in total. The first-order valence-electron chi connectivity index (χ1n) is 5.52. The summed E-state index contributed by atoms with van der Waals surface area (Å²) in [5, 5.41) is 8.11. The van der Waals surface area contributed by atoms with Gasteiger partial charge in [-0.05, 0) is 13.5 Å². The Labute approximate surface area is 89.7 Å². The minimum Gasteiger partial charge on any atom is -0.303 e. The molecule has 15 heavy (non-hydrogen) atoms. The van der Waals surface area contributed by atoms with Crippen molar-refractivity contribution in [3.8, 4) is 0 Å². The quantitative estimate of drug-likeness (QED) is 0.667. The highest BCUT2D eigenvalue weighted by Crippen LogP contribution is 2.32. The van der Waals surface area contributed by atoms with Crippen molar-refractivity contribution in [1.29, 1.82) is 0 Å². The molecule has 0 radical (unpaired) electrons. The zero-order chi connectivity index (χ0) is 10.4. The molecule has 0 spiro atoms. The van der Waals surface area contributed by atoms with Crippen molar-refractivity contribution in [1.82, 2.24) is 24.8 Å². The van der Waals surface area contributed by atoms with E-state index < -0.39 is 0 Å². The third-order valence-electron chi connectivity index (χ3n) is 3.52. The molecule has 4 rings (SSSR count). The first-order chi connectivity index (χ1) is 7.22. The Hall–Kier alpha value is -0.940. The number of aryl methyl sites for hydroxylation is 1. The van der Waals surface area contributed by atoms with Gasteiger partial charge in [0, 0.05) is 45.0 Å². The van der Waals surface area contributed by atoms with E-state index in [1.165, 1.54) is 19.5 Å². The van der Waals surface area contributed by atoms with Crippen LogP contribution in [0.25, 0.3) is 0 Å². The third-order valence-corrected chi connectivity index (χ3v) is 3.52. The van der Waals surface area contributed by atoms with Gasteiger partial charge in [0.1, 0.15) is 0 Å². The zero-order valence-corrected chi connectivity index (χ0v) is 9.30. The fourth-order valence-electron chi connectivity index (χ4n) is 2.81. The van der Waals surface area contributed by atoms with Crippen LogP contribution in [0.3, 0.4) is 0 Å². The minimum atomic E-state index is 0.746. The van der Waals surface area contributed by atoms with Crippen LogP contribution in [0.5, 0.6) is 0 Å². The summed E-state index contributed by atoms with van der Waals surface area (Å²) in [6.45, 7) is 3.38. The van der Waals surface area contributed by atoms with Crippen LogP contribution in [-0.2, 0) is 13.6 Å². The second kappa shape index (κ2) is 3.28. The van der Waals surface area contributed by atoms with Gasteiger partial charge in [-0.3, -0.25) is 9.58 Å². The molecule has 1 aromatic rings. The van der Waals surface area contributed by atoms with Crippen LogP contribution in [0.4, 0.5) is 0 Å². The topological polar surface area (TPSA) is 37.2 Å². The molecule has 1 aromatic heterocycles. The van der Waals surface area contributed by atoms with E-state index in [1.54, 1.807) is 4.68 Å². The standard InChI is InChI=1S/C10H17N5/c1-13-6-9-3-10(7-13)15(9)5-8-4-14(2)12-11-8/h4,9-10H,3,5-7H2,1-2H3. The van der Waals surface area contributed by atoms with E-state index in [1.807, 2.05) is 13.2 Å². The molecule has 0 amide bonds. The minimum absolute atomic E-state index is 0.746. The van der Waals surface area contributed by atoms with Crippen molar-refractivity contribution in [3.05, 3.63) is 11.9 Å². The predicted molar refractivity (Wildman–Crippen MR) is 56.2 cm³/mol. The average molecular weight is 207 g/mol. The Morgan fingerprint density at radius 1 is 1.33 bits per heavy atom. The smallest absolute Gasteiger partial charge is 0.0967 e. The molecule has 5 nitrogen and oxygen atoms in total. The molecular weight excluding hydrogens is 190 g/mol. The number of hydrogen-bond donors (Lipinski definition) is 0. The predicted octanol–water partition coefficient (Wildman–Crippen LogP) is -0.297. The number of hydrogen-bond acceptors (Lipinski definition) is 4. The Morgan fingerprint density at radius 3 is 2.67 bits per heavy atom. The lowest BCUT2D eigenvalue weighted by Crippen LogP contribution is -2.67. The molecule has 3 aliphatic rings. The van der Waals surface area contributed by atoms with Gasteiger partial charge in [-0.1, -0.05) is 5.21 Å². The fraction of sp³-hybridized carbons (Fsp3) is 0.800. The van der Waals surface area contributed by atoms with E-state index in [4.69, 9.17) is 0 Å². The highest BCUT2D eigenvalue weighted by Gasteiger charge is 2.43. The molecule has 5 heteroatoms. The molecule has 2 atom stereocenters. The van der Waals surface area contributed by atoms with Gasteiger partial charge in [-0.15, -0.1) is 5.10 Å². The Balaban J connectivity index is 1.66. The molecule has 2 unspecified atom stereocenters. The van der Waals surface area contributed by atoms with Crippen LogP contribution < -0.4 is 0 Å². The summed E-state index contributed by atoms with van der Waals surface area (Å²) in [4.78, 5) is 4.98. The molecule has 82 valence electrons. The Bertz CT molecular complexity index is 348. The van der Waals surface area contributed by atoms with Crippen molar-refractivity contribution in [3.63, 3.8) is 0 Å². The third kappa shape index (κ3) is 1.55. The number of piperidine rings is 1. The summed E-state index contributed by atoms with van der Waals surface area (Å²) in [6, 6.07) is 1.49. The second-order valence-electron chi connectivity index (χ2n) is 4.82.